The van der Waals surface area contributed by atoms with Gasteiger partial charge in [0.25, 0.3) is 0 Å². The minimum absolute atomic E-state index is 0.159. The molecular formula is C28H32ClN7O3. The molecule has 2 aliphatic heterocycles. The Morgan fingerprint density at radius 1 is 1.10 bits per heavy atom. The number of hydrogen-bond donors (Lipinski definition) is 4. The predicted molar refractivity (Wildman–Crippen MR) is 152 cm³/mol. The Morgan fingerprint density at radius 3 is 2.74 bits per heavy atom. The van der Waals surface area contributed by atoms with Crippen LogP contribution in [0.3, 0.4) is 0 Å². The zero-order chi connectivity index (χ0) is 27.6. The molecule has 2 aliphatic rings. The smallest absolute Gasteiger partial charge is 0.410 e. The Hall–Kier alpha value is -4.05. The Labute approximate surface area is 232 Å². The summed E-state index contributed by atoms with van der Waals surface area (Å²) in [5, 5.41) is 12.9. The molecule has 1 saturated heterocycles. The predicted octanol–water partition coefficient (Wildman–Crippen LogP) is 5.85. The number of anilines is 5. The number of urea groups is 1. The monoisotopic (exact) mass is 549 g/mol. The second-order valence-corrected chi connectivity index (χ2v) is 11.1. The van der Waals surface area contributed by atoms with Crippen LogP contribution in [-0.4, -0.2) is 51.7 Å². The minimum Gasteiger partial charge on any atom is -0.444 e. The van der Waals surface area contributed by atoms with E-state index in [1.165, 1.54) is 0 Å². The van der Waals surface area contributed by atoms with Crippen molar-refractivity contribution < 1.29 is 14.3 Å². The highest BCUT2D eigenvalue weighted by Gasteiger charge is 2.30. The highest BCUT2D eigenvalue weighted by molar-refractivity contribution is 6.32. The van der Waals surface area contributed by atoms with Crippen molar-refractivity contribution in [2.75, 3.05) is 29.0 Å². The van der Waals surface area contributed by atoms with Crippen LogP contribution >= 0.6 is 11.6 Å². The van der Waals surface area contributed by atoms with Crippen LogP contribution in [0.1, 0.15) is 38.3 Å². The van der Waals surface area contributed by atoms with E-state index in [0.29, 0.717) is 48.4 Å². The molecule has 1 aromatic heterocycles. The molecule has 0 saturated carbocycles. The van der Waals surface area contributed by atoms with Crippen LogP contribution in [0.25, 0.3) is 0 Å². The number of likely N-dealkylation sites (tertiary alicyclic amines) is 1. The molecule has 10 nitrogen and oxygen atoms in total. The molecule has 0 aliphatic carbocycles. The maximum absolute atomic E-state index is 13.0. The van der Waals surface area contributed by atoms with Gasteiger partial charge < -0.3 is 30.9 Å². The summed E-state index contributed by atoms with van der Waals surface area (Å²) in [6.07, 6.45) is 3.31. The zero-order valence-electron chi connectivity index (χ0n) is 22.2. The molecular weight excluding hydrogens is 518 g/mol. The third-order valence-electron chi connectivity index (χ3n) is 6.40. The Bertz CT molecular complexity index is 1390. The number of ether oxygens (including phenoxy) is 1. The summed E-state index contributed by atoms with van der Waals surface area (Å²) < 4.78 is 5.45. The van der Waals surface area contributed by atoms with Gasteiger partial charge in [0.1, 0.15) is 10.6 Å². The molecule has 1 atom stereocenters. The lowest BCUT2D eigenvalue weighted by Gasteiger charge is -2.24. The fraction of sp³-hybridized carbons (Fsp3) is 0.357. The summed E-state index contributed by atoms with van der Waals surface area (Å²) in [4.78, 5) is 35.8. The fourth-order valence-corrected chi connectivity index (χ4v) is 4.72. The van der Waals surface area contributed by atoms with Crippen molar-refractivity contribution in [2.24, 2.45) is 0 Å². The lowest BCUT2D eigenvalue weighted by molar-refractivity contribution is 0.0291. The molecule has 0 unspecified atom stereocenters. The van der Waals surface area contributed by atoms with Gasteiger partial charge >= 0.3 is 12.1 Å². The number of nitrogens with zero attached hydrogens (tertiary/aromatic N) is 3. The number of carbonyl (C=O) groups excluding carboxylic acids is 2. The van der Waals surface area contributed by atoms with E-state index in [4.69, 9.17) is 16.3 Å². The average Bonchev–Trinajstić information content (AvgIpc) is 3.33. The van der Waals surface area contributed by atoms with Crippen molar-refractivity contribution in [2.45, 2.75) is 51.7 Å². The van der Waals surface area contributed by atoms with E-state index in [1.54, 1.807) is 11.1 Å². The van der Waals surface area contributed by atoms with Crippen LogP contribution in [0.5, 0.6) is 0 Å². The number of aromatic nitrogens is 2. The van der Waals surface area contributed by atoms with E-state index in [1.807, 2.05) is 51.1 Å². The number of benzene rings is 2. The molecule has 3 amide bonds. The first kappa shape index (κ1) is 26.6. The normalized spacial score (nSPS) is 16.5. The molecule has 204 valence electrons. The summed E-state index contributed by atoms with van der Waals surface area (Å²) >= 11 is 6.36. The van der Waals surface area contributed by atoms with Crippen molar-refractivity contribution in [1.82, 2.24) is 20.2 Å². The molecule has 4 N–H and O–H groups in total. The largest absolute Gasteiger partial charge is 0.444 e. The molecule has 0 spiro atoms. The molecule has 11 heteroatoms. The molecule has 6 bridgehead atoms. The second kappa shape index (κ2) is 11.0. The first-order valence-electron chi connectivity index (χ1n) is 13.0. The first-order valence-corrected chi connectivity index (χ1v) is 13.3. The van der Waals surface area contributed by atoms with Gasteiger partial charge in [-0.2, -0.15) is 4.98 Å². The van der Waals surface area contributed by atoms with E-state index in [0.717, 1.165) is 28.9 Å². The third-order valence-corrected chi connectivity index (χ3v) is 6.68. The molecule has 1 fully saturated rings. The van der Waals surface area contributed by atoms with Crippen LogP contribution in [0.4, 0.5) is 38.4 Å². The number of fused-ring (bicyclic) bond motifs is 6. The van der Waals surface area contributed by atoms with Gasteiger partial charge in [0.05, 0.1) is 6.20 Å². The van der Waals surface area contributed by atoms with Gasteiger partial charge in [-0.3, -0.25) is 0 Å². The van der Waals surface area contributed by atoms with E-state index in [9.17, 15) is 9.59 Å². The van der Waals surface area contributed by atoms with Crippen LogP contribution in [0, 0.1) is 0 Å². The lowest BCUT2D eigenvalue weighted by Crippen LogP contribution is -2.41. The Kier molecular flexibility index (Phi) is 7.47. The fourth-order valence-electron chi connectivity index (χ4n) is 4.58. The number of aryl methyl sites for hydroxylation is 2. The summed E-state index contributed by atoms with van der Waals surface area (Å²) in [5.74, 6) is 0.912. The zero-order valence-corrected chi connectivity index (χ0v) is 22.9. The molecule has 2 aromatic carbocycles. The summed E-state index contributed by atoms with van der Waals surface area (Å²) in [5.41, 5.74) is 3.90. The number of hydrogen-bond acceptors (Lipinski definition) is 7. The topological polar surface area (TPSA) is 121 Å². The quantitative estimate of drug-likeness (QED) is 0.316. The standard InChI is InChI=1S/C28H32ClN7O3/c1-28(2,3)39-27(38)36-12-11-21(16-36)33-26(37)34-23-10-9-20-14-18(23)8-7-17-5-4-6-19(13-17)32-25-30-15-22(29)24(31-20)35-25/h4-6,9-10,13-15,21H,7-8,11-12,16H2,1-3H3,(H2,33,34,37)(H2,30,31,32,35)/t21-/m0/s1. The van der Waals surface area contributed by atoms with Gasteiger partial charge in [-0.25, -0.2) is 14.6 Å². The van der Waals surface area contributed by atoms with Crippen molar-refractivity contribution in [1.29, 1.82) is 0 Å². The van der Waals surface area contributed by atoms with Crippen LogP contribution in [-0.2, 0) is 17.6 Å². The molecule has 0 radical (unpaired) electrons. The molecule has 5 rings (SSSR count). The van der Waals surface area contributed by atoms with Gasteiger partial charge in [0, 0.05) is 36.2 Å². The Morgan fingerprint density at radius 2 is 1.92 bits per heavy atom. The average molecular weight is 550 g/mol. The SMILES string of the molecule is CC(C)(C)OC(=O)N1CC[C@H](NC(=O)Nc2ccc3cc2CCc2cccc(c2)Nc2ncc(Cl)c(n2)N3)C1. The number of amides is 3. The minimum atomic E-state index is -0.561. The summed E-state index contributed by atoms with van der Waals surface area (Å²) in [6, 6.07) is 13.3. The van der Waals surface area contributed by atoms with E-state index >= 15 is 0 Å². The van der Waals surface area contributed by atoms with Crippen molar-refractivity contribution >= 4 is 52.6 Å². The number of nitrogens with one attached hydrogen (secondary N) is 4. The van der Waals surface area contributed by atoms with E-state index in [2.05, 4.69) is 43.4 Å². The Balaban J connectivity index is 1.31. The second-order valence-electron chi connectivity index (χ2n) is 10.7. The number of rotatable bonds is 2. The lowest BCUT2D eigenvalue weighted by atomic mass is 10.0. The maximum atomic E-state index is 13.0. The molecule has 3 heterocycles. The van der Waals surface area contributed by atoms with Crippen LogP contribution in [0.15, 0.2) is 48.7 Å². The summed E-state index contributed by atoms with van der Waals surface area (Å²) in [6.45, 7) is 6.45. The van der Waals surface area contributed by atoms with Gasteiger partial charge in [0.15, 0.2) is 5.82 Å². The van der Waals surface area contributed by atoms with Gasteiger partial charge in [-0.15, -0.1) is 0 Å². The van der Waals surface area contributed by atoms with E-state index < -0.39 is 5.60 Å². The number of carbonyl (C=O) groups is 2. The van der Waals surface area contributed by atoms with Crippen LogP contribution < -0.4 is 21.3 Å². The van der Waals surface area contributed by atoms with Crippen molar-refractivity contribution in [3.8, 4) is 0 Å². The van der Waals surface area contributed by atoms with Crippen molar-refractivity contribution in [3.63, 3.8) is 0 Å². The first-order chi connectivity index (χ1) is 18.6. The van der Waals surface area contributed by atoms with Crippen molar-refractivity contribution in [3.05, 3.63) is 64.8 Å². The highest BCUT2D eigenvalue weighted by Crippen LogP contribution is 2.29. The maximum Gasteiger partial charge on any atom is 0.410 e. The van der Waals surface area contributed by atoms with Gasteiger partial charge in [-0.05, 0) is 81.5 Å². The number of halogens is 1. The van der Waals surface area contributed by atoms with E-state index in [-0.39, 0.29) is 18.2 Å². The molecule has 39 heavy (non-hydrogen) atoms. The summed E-state index contributed by atoms with van der Waals surface area (Å²) in [7, 11) is 0. The highest BCUT2D eigenvalue weighted by atomic mass is 35.5. The molecule has 3 aromatic rings. The van der Waals surface area contributed by atoms with Crippen LogP contribution in [0.2, 0.25) is 5.02 Å². The third kappa shape index (κ3) is 6.88. The van der Waals surface area contributed by atoms with Gasteiger partial charge in [-0.1, -0.05) is 23.7 Å². The van der Waals surface area contributed by atoms with Gasteiger partial charge in [0.2, 0.25) is 5.95 Å².